The van der Waals surface area contributed by atoms with Gasteiger partial charge in [0.15, 0.2) is 0 Å². The highest BCUT2D eigenvalue weighted by Crippen LogP contribution is 2.25. The first kappa shape index (κ1) is 16.0. The topological polar surface area (TPSA) is 54.9 Å². The van der Waals surface area contributed by atoms with Crippen LogP contribution >= 0.6 is 0 Å². The number of pyridine rings is 2. The van der Waals surface area contributed by atoms with Crippen LogP contribution in [-0.4, -0.2) is 15.9 Å². The predicted octanol–water partition coefficient (Wildman–Crippen LogP) is 4.86. The zero-order chi connectivity index (χ0) is 17.9. The second kappa shape index (κ2) is 6.76. The molecule has 0 bridgehead atoms. The lowest BCUT2D eigenvalue weighted by molar-refractivity contribution is 0.102. The predicted molar refractivity (Wildman–Crippen MR) is 104 cm³/mol. The fourth-order valence-electron chi connectivity index (χ4n) is 2.95. The van der Waals surface area contributed by atoms with E-state index in [4.69, 9.17) is 0 Å². The van der Waals surface area contributed by atoms with E-state index in [0.717, 1.165) is 33.4 Å². The van der Waals surface area contributed by atoms with Gasteiger partial charge < -0.3 is 5.32 Å². The molecule has 4 nitrogen and oxygen atoms in total. The Hall–Kier alpha value is -3.53. The molecule has 0 unspecified atom stereocenters. The number of benzene rings is 2. The molecule has 1 N–H and O–H groups in total. The van der Waals surface area contributed by atoms with Gasteiger partial charge in [0, 0.05) is 29.0 Å². The van der Waals surface area contributed by atoms with E-state index in [1.54, 1.807) is 12.4 Å². The van der Waals surface area contributed by atoms with Crippen molar-refractivity contribution in [2.45, 2.75) is 6.92 Å². The van der Waals surface area contributed by atoms with Crippen LogP contribution in [-0.2, 0) is 0 Å². The molecule has 0 saturated carbocycles. The number of para-hydroxylation sites is 1. The minimum atomic E-state index is -0.153. The van der Waals surface area contributed by atoms with Gasteiger partial charge in [0.05, 0.1) is 16.8 Å². The van der Waals surface area contributed by atoms with Gasteiger partial charge in [-0.25, -0.2) is 4.98 Å². The molecule has 0 aliphatic carbocycles. The van der Waals surface area contributed by atoms with Crippen LogP contribution in [0, 0.1) is 6.92 Å². The summed E-state index contributed by atoms with van der Waals surface area (Å²) < 4.78 is 0. The maximum atomic E-state index is 13.0. The number of hydrogen-bond acceptors (Lipinski definition) is 3. The highest BCUT2D eigenvalue weighted by Gasteiger charge is 2.14. The number of aromatic nitrogens is 2. The third-order valence-corrected chi connectivity index (χ3v) is 4.19. The SMILES string of the molecule is Cc1cccc(NC(=O)c2cc(-c3cccnc3)nc3ccccc23)c1. The van der Waals surface area contributed by atoms with Crippen molar-refractivity contribution in [3.63, 3.8) is 0 Å². The van der Waals surface area contributed by atoms with Gasteiger partial charge in [-0.05, 0) is 48.9 Å². The Labute approximate surface area is 151 Å². The summed E-state index contributed by atoms with van der Waals surface area (Å²) in [7, 11) is 0. The lowest BCUT2D eigenvalue weighted by Crippen LogP contribution is -2.13. The number of fused-ring (bicyclic) bond motifs is 1. The summed E-state index contributed by atoms with van der Waals surface area (Å²) in [4.78, 5) is 21.8. The van der Waals surface area contributed by atoms with Crippen LogP contribution in [0.3, 0.4) is 0 Å². The van der Waals surface area contributed by atoms with Gasteiger partial charge in [-0.3, -0.25) is 9.78 Å². The van der Waals surface area contributed by atoms with Crippen molar-refractivity contribution in [1.82, 2.24) is 9.97 Å². The average molecular weight is 339 g/mol. The number of carbonyl (C=O) groups excluding carboxylic acids is 1. The molecule has 26 heavy (non-hydrogen) atoms. The number of amides is 1. The summed E-state index contributed by atoms with van der Waals surface area (Å²) >= 11 is 0. The maximum Gasteiger partial charge on any atom is 0.256 e. The molecule has 2 aromatic carbocycles. The van der Waals surface area contributed by atoms with E-state index in [0.29, 0.717) is 5.56 Å². The number of hydrogen-bond donors (Lipinski definition) is 1. The zero-order valence-corrected chi connectivity index (χ0v) is 14.3. The molecule has 0 aliphatic heterocycles. The van der Waals surface area contributed by atoms with Gasteiger partial charge >= 0.3 is 0 Å². The van der Waals surface area contributed by atoms with E-state index in [-0.39, 0.29) is 5.91 Å². The van der Waals surface area contributed by atoms with Crippen molar-refractivity contribution in [2.75, 3.05) is 5.32 Å². The van der Waals surface area contributed by atoms with Gasteiger partial charge in [-0.2, -0.15) is 0 Å². The number of nitrogens with zero attached hydrogens (tertiary/aromatic N) is 2. The molecule has 126 valence electrons. The lowest BCUT2D eigenvalue weighted by Gasteiger charge is -2.11. The number of aryl methyl sites for hydroxylation is 1. The van der Waals surface area contributed by atoms with Gasteiger partial charge in [-0.1, -0.05) is 30.3 Å². The minimum Gasteiger partial charge on any atom is -0.322 e. The van der Waals surface area contributed by atoms with Crippen molar-refractivity contribution in [1.29, 1.82) is 0 Å². The monoisotopic (exact) mass is 339 g/mol. The maximum absolute atomic E-state index is 13.0. The number of anilines is 1. The van der Waals surface area contributed by atoms with Crippen molar-refractivity contribution < 1.29 is 4.79 Å². The van der Waals surface area contributed by atoms with Crippen LogP contribution in [0.5, 0.6) is 0 Å². The Morgan fingerprint density at radius 2 is 1.85 bits per heavy atom. The molecule has 0 aliphatic rings. The first-order chi connectivity index (χ1) is 12.7. The summed E-state index contributed by atoms with van der Waals surface area (Å²) in [5.74, 6) is -0.153. The molecular formula is C22H17N3O. The normalized spacial score (nSPS) is 10.7. The fraction of sp³-hybridized carbons (Fsp3) is 0.0455. The minimum absolute atomic E-state index is 0.153. The molecule has 2 aromatic heterocycles. The van der Waals surface area contributed by atoms with Crippen LogP contribution in [0.4, 0.5) is 5.69 Å². The summed E-state index contributed by atoms with van der Waals surface area (Å²) in [5.41, 5.74) is 4.85. The van der Waals surface area contributed by atoms with Crippen LogP contribution < -0.4 is 5.32 Å². The summed E-state index contributed by atoms with van der Waals surface area (Å²) in [6, 6.07) is 21.0. The largest absolute Gasteiger partial charge is 0.322 e. The third-order valence-electron chi connectivity index (χ3n) is 4.19. The van der Waals surface area contributed by atoms with E-state index in [1.165, 1.54) is 0 Å². The number of carbonyl (C=O) groups is 1. The molecule has 0 radical (unpaired) electrons. The van der Waals surface area contributed by atoms with E-state index < -0.39 is 0 Å². The van der Waals surface area contributed by atoms with E-state index in [2.05, 4.69) is 15.3 Å². The summed E-state index contributed by atoms with van der Waals surface area (Å²) in [5, 5.41) is 3.81. The first-order valence-electron chi connectivity index (χ1n) is 8.39. The third kappa shape index (κ3) is 3.17. The molecule has 0 saturated heterocycles. The van der Waals surface area contributed by atoms with Gasteiger partial charge in [0.1, 0.15) is 0 Å². The van der Waals surface area contributed by atoms with Crippen molar-refractivity contribution in [3.8, 4) is 11.3 Å². The molecule has 0 atom stereocenters. The molecule has 0 spiro atoms. The number of rotatable bonds is 3. The summed E-state index contributed by atoms with van der Waals surface area (Å²) in [6.45, 7) is 2.00. The average Bonchev–Trinajstić information content (AvgIpc) is 2.68. The fourth-order valence-corrected chi connectivity index (χ4v) is 2.95. The Kier molecular flexibility index (Phi) is 4.15. The molecule has 4 heteroatoms. The number of nitrogens with one attached hydrogen (secondary N) is 1. The van der Waals surface area contributed by atoms with Crippen molar-refractivity contribution in [3.05, 3.63) is 90.3 Å². The Morgan fingerprint density at radius 3 is 2.65 bits per heavy atom. The first-order valence-corrected chi connectivity index (χ1v) is 8.39. The molecule has 1 amide bonds. The van der Waals surface area contributed by atoms with Gasteiger partial charge in [0.25, 0.3) is 5.91 Å². The zero-order valence-electron chi connectivity index (χ0n) is 14.3. The van der Waals surface area contributed by atoms with Crippen LogP contribution in [0.25, 0.3) is 22.2 Å². The molecule has 4 rings (SSSR count). The molecule has 0 fully saturated rings. The molecule has 2 heterocycles. The highest BCUT2D eigenvalue weighted by atomic mass is 16.1. The van der Waals surface area contributed by atoms with E-state index in [9.17, 15) is 4.79 Å². The second-order valence-corrected chi connectivity index (χ2v) is 6.14. The Bertz CT molecular complexity index is 1090. The van der Waals surface area contributed by atoms with E-state index >= 15 is 0 Å². The molecule has 4 aromatic rings. The highest BCUT2D eigenvalue weighted by molar-refractivity contribution is 6.13. The quantitative estimate of drug-likeness (QED) is 0.580. The smallest absolute Gasteiger partial charge is 0.256 e. The van der Waals surface area contributed by atoms with Crippen LogP contribution in [0.2, 0.25) is 0 Å². The van der Waals surface area contributed by atoms with E-state index in [1.807, 2.05) is 73.7 Å². The summed E-state index contributed by atoms with van der Waals surface area (Å²) in [6.07, 6.45) is 3.47. The van der Waals surface area contributed by atoms with Crippen molar-refractivity contribution >= 4 is 22.5 Å². The molecular weight excluding hydrogens is 322 g/mol. The second-order valence-electron chi connectivity index (χ2n) is 6.14. The van der Waals surface area contributed by atoms with Crippen LogP contribution in [0.15, 0.2) is 79.1 Å². The van der Waals surface area contributed by atoms with Crippen molar-refractivity contribution in [2.24, 2.45) is 0 Å². The van der Waals surface area contributed by atoms with Gasteiger partial charge in [0.2, 0.25) is 0 Å². The lowest BCUT2D eigenvalue weighted by atomic mass is 10.0. The van der Waals surface area contributed by atoms with Crippen LogP contribution in [0.1, 0.15) is 15.9 Å². The standard InChI is InChI=1S/C22H17N3O/c1-15-6-4-8-17(12-15)24-22(26)19-13-21(16-7-5-11-23-14-16)25-20-10-3-2-9-18(19)20/h2-14H,1H3,(H,24,26). The van der Waals surface area contributed by atoms with Gasteiger partial charge in [-0.15, -0.1) is 0 Å². The Morgan fingerprint density at radius 1 is 0.962 bits per heavy atom. The Balaban J connectivity index is 1.81.